The number of nitrogens with zero attached hydrogens (tertiary/aromatic N) is 5. The first-order valence-electron chi connectivity index (χ1n) is 11.8. The fourth-order valence-electron chi connectivity index (χ4n) is 4.45. The number of rotatable bonds is 7. The Morgan fingerprint density at radius 2 is 2.06 bits per heavy atom. The lowest BCUT2D eigenvalue weighted by molar-refractivity contribution is 0.0728. The SMILES string of the molecule is COc1cc(-c2nnc([C@](C)(N)Cc3ccccc3)o2)cc(C(=O)N2CCCC2c2nc(C)cs2)n1. The van der Waals surface area contributed by atoms with Gasteiger partial charge in [-0.3, -0.25) is 4.79 Å². The van der Waals surface area contributed by atoms with Crippen LogP contribution in [0.2, 0.25) is 0 Å². The number of thiazole rings is 1. The normalized spacial score (nSPS) is 17.2. The topological polar surface area (TPSA) is 120 Å². The maximum absolute atomic E-state index is 13.6. The van der Waals surface area contributed by atoms with Crippen LogP contribution in [0.1, 0.15) is 58.5 Å². The molecule has 5 rings (SSSR count). The number of hydrogen-bond acceptors (Lipinski definition) is 9. The minimum Gasteiger partial charge on any atom is -0.481 e. The Kier molecular flexibility index (Phi) is 6.55. The van der Waals surface area contributed by atoms with E-state index in [-0.39, 0.29) is 29.4 Å². The molecule has 36 heavy (non-hydrogen) atoms. The maximum atomic E-state index is 13.6. The number of aromatic nitrogens is 4. The number of pyridine rings is 1. The molecule has 1 aromatic carbocycles. The maximum Gasteiger partial charge on any atom is 0.273 e. The van der Waals surface area contributed by atoms with Gasteiger partial charge in [0.2, 0.25) is 17.7 Å². The van der Waals surface area contributed by atoms with E-state index in [4.69, 9.17) is 14.9 Å². The zero-order valence-corrected chi connectivity index (χ0v) is 21.3. The third kappa shape index (κ3) is 4.87. The second kappa shape index (κ2) is 9.79. The van der Waals surface area contributed by atoms with Crippen molar-refractivity contribution in [2.75, 3.05) is 13.7 Å². The average Bonchev–Trinajstić information content (AvgIpc) is 3.64. The van der Waals surface area contributed by atoms with Gasteiger partial charge in [0, 0.05) is 29.2 Å². The zero-order chi connectivity index (χ0) is 25.3. The molecule has 1 saturated heterocycles. The van der Waals surface area contributed by atoms with E-state index >= 15 is 0 Å². The summed E-state index contributed by atoms with van der Waals surface area (Å²) in [5, 5.41) is 11.4. The van der Waals surface area contributed by atoms with Crippen LogP contribution in [0.5, 0.6) is 5.88 Å². The minimum absolute atomic E-state index is 0.0569. The number of carbonyl (C=O) groups is 1. The van der Waals surface area contributed by atoms with Crippen molar-refractivity contribution in [1.82, 2.24) is 25.1 Å². The van der Waals surface area contributed by atoms with Gasteiger partial charge < -0.3 is 19.8 Å². The number of ether oxygens (including phenoxy) is 1. The molecule has 4 heterocycles. The molecule has 1 aliphatic rings. The molecule has 0 radical (unpaired) electrons. The van der Waals surface area contributed by atoms with Gasteiger partial charge in [0.15, 0.2) is 0 Å². The standard InChI is InChI=1S/C26H28N6O3S/c1-16-15-36-23(28-16)20-10-7-11-32(20)24(33)19-12-18(13-21(29-19)34-3)22-30-31-25(35-22)26(2,27)14-17-8-5-4-6-9-17/h4-6,8-9,12-13,15,20H,7,10-11,14,27H2,1-3H3/t20?,26-/m1/s1. The van der Waals surface area contributed by atoms with E-state index in [1.54, 1.807) is 23.5 Å². The molecule has 0 bridgehead atoms. The molecule has 1 amide bonds. The number of nitrogens with two attached hydrogens (primary N) is 1. The molecular formula is C26H28N6O3S. The Balaban J connectivity index is 1.42. The predicted octanol–water partition coefficient (Wildman–Crippen LogP) is 4.30. The highest BCUT2D eigenvalue weighted by Gasteiger charge is 2.34. The van der Waals surface area contributed by atoms with Crippen LogP contribution in [0.4, 0.5) is 0 Å². The van der Waals surface area contributed by atoms with Crippen molar-refractivity contribution in [2.45, 2.75) is 44.7 Å². The van der Waals surface area contributed by atoms with Gasteiger partial charge in [-0.15, -0.1) is 21.5 Å². The van der Waals surface area contributed by atoms with Crippen LogP contribution in [0.3, 0.4) is 0 Å². The summed E-state index contributed by atoms with van der Waals surface area (Å²) in [6, 6.07) is 13.2. The van der Waals surface area contributed by atoms with Crippen molar-refractivity contribution in [3.8, 4) is 17.3 Å². The molecule has 1 fully saturated rings. The Hall–Kier alpha value is -3.63. The first-order valence-corrected chi connectivity index (χ1v) is 12.7. The molecule has 1 unspecified atom stereocenters. The summed E-state index contributed by atoms with van der Waals surface area (Å²) in [6.07, 6.45) is 2.32. The molecule has 2 atom stereocenters. The molecule has 186 valence electrons. The van der Waals surface area contributed by atoms with Crippen LogP contribution < -0.4 is 10.5 Å². The lowest BCUT2D eigenvalue weighted by atomic mass is 9.94. The van der Waals surface area contributed by atoms with Crippen molar-refractivity contribution in [3.63, 3.8) is 0 Å². The van der Waals surface area contributed by atoms with Crippen LogP contribution in [-0.2, 0) is 12.0 Å². The van der Waals surface area contributed by atoms with Gasteiger partial charge in [-0.2, -0.15) is 0 Å². The number of carbonyl (C=O) groups excluding carboxylic acids is 1. The fraction of sp³-hybridized carbons (Fsp3) is 0.346. The highest BCUT2D eigenvalue weighted by Crippen LogP contribution is 2.35. The molecule has 0 aliphatic carbocycles. The van der Waals surface area contributed by atoms with E-state index in [2.05, 4.69) is 20.2 Å². The van der Waals surface area contributed by atoms with Crippen LogP contribution in [0, 0.1) is 6.92 Å². The van der Waals surface area contributed by atoms with Gasteiger partial charge in [0.25, 0.3) is 5.91 Å². The van der Waals surface area contributed by atoms with E-state index in [9.17, 15) is 4.79 Å². The third-order valence-electron chi connectivity index (χ3n) is 6.24. The van der Waals surface area contributed by atoms with Crippen LogP contribution in [0.25, 0.3) is 11.5 Å². The molecule has 4 aromatic rings. The third-order valence-corrected chi connectivity index (χ3v) is 7.30. The Morgan fingerprint density at radius 1 is 1.25 bits per heavy atom. The summed E-state index contributed by atoms with van der Waals surface area (Å²) in [7, 11) is 1.51. The Labute approximate surface area is 213 Å². The van der Waals surface area contributed by atoms with Crippen molar-refractivity contribution < 1.29 is 13.9 Å². The Bertz CT molecular complexity index is 1370. The van der Waals surface area contributed by atoms with Crippen molar-refractivity contribution in [3.05, 3.63) is 75.7 Å². The van der Waals surface area contributed by atoms with Gasteiger partial charge in [0.05, 0.1) is 18.7 Å². The molecule has 2 N–H and O–H groups in total. The van der Waals surface area contributed by atoms with E-state index in [0.717, 1.165) is 29.1 Å². The smallest absolute Gasteiger partial charge is 0.273 e. The van der Waals surface area contributed by atoms with E-state index in [1.165, 1.54) is 7.11 Å². The van der Waals surface area contributed by atoms with Gasteiger partial charge in [-0.25, -0.2) is 9.97 Å². The van der Waals surface area contributed by atoms with E-state index in [0.29, 0.717) is 24.4 Å². The first kappa shape index (κ1) is 24.1. The van der Waals surface area contributed by atoms with Crippen molar-refractivity contribution in [1.29, 1.82) is 0 Å². The number of likely N-dealkylation sites (tertiary alicyclic amines) is 1. The van der Waals surface area contributed by atoms with Crippen LogP contribution in [0.15, 0.2) is 52.3 Å². The Morgan fingerprint density at radius 3 is 2.78 bits per heavy atom. The van der Waals surface area contributed by atoms with Gasteiger partial charge >= 0.3 is 0 Å². The van der Waals surface area contributed by atoms with Crippen molar-refractivity contribution >= 4 is 17.2 Å². The van der Waals surface area contributed by atoms with Crippen LogP contribution >= 0.6 is 11.3 Å². The van der Waals surface area contributed by atoms with Crippen LogP contribution in [-0.4, -0.2) is 44.6 Å². The summed E-state index contributed by atoms with van der Waals surface area (Å²) >= 11 is 1.58. The first-order chi connectivity index (χ1) is 17.3. The number of aryl methyl sites for hydroxylation is 1. The highest BCUT2D eigenvalue weighted by atomic mass is 32.1. The molecule has 9 nitrogen and oxygen atoms in total. The summed E-state index contributed by atoms with van der Waals surface area (Å²) in [5.41, 5.74) is 8.51. The summed E-state index contributed by atoms with van der Waals surface area (Å²) in [4.78, 5) is 24.4. The molecule has 0 saturated carbocycles. The second-order valence-corrected chi connectivity index (χ2v) is 10.1. The monoisotopic (exact) mass is 504 g/mol. The van der Waals surface area contributed by atoms with Crippen molar-refractivity contribution in [2.24, 2.45) is 5.73 Å². The average molecular weight is 505 g/mol. The molecule has 3 aromatic heterocycles. The lowest BCUT2D eigenvalue weighted by Crippen LogP contribution is -2.35. The molecule has 10 heteroatoms. The second-order valence-electron chi connectivity index (χ2n) is 9.26. The minimum atomic E-state index is -0.864. The van der Waals surface area contributed by atoms with E-state index in [1.807, 2.05) is 54.5 Å². The number of methoxy groups -OCH3 is 1. The molecule has 0 spiro atoms. The molecular weight excluding hydrogens is 476 g/mol. The summed E-state index contributed by atoms with van der Waals surface area (Å²) in [6.45, 7) is 4.46. The van der Waals surface area contributed by atoms with Gasteiger partial charge in [-0.1, -0.05) is 30.3 Å². The number of benzene rings is 1. The van der Waals surface area contributed by atoms with Gasteiger partial charge in [-0.05, 0) is 44.7 Å². The quantitative estimate of drug-likeness (QED) is 0.396. The lowest BCUT2D eigenvalue weighted by Gasteiger charge is -2.23. The summed E-state index contributed by atoms with van der Waals surface area (Å²) < 4.78 is 11.4. The van der Waals surface area contributed by atoms with E-state index < -0.39 is 5.54 Å². The molecule has 1 aliphatic heterocycles. The zero-order valence-electron chi connectivity index (χ0n) is 20.5. The summed E-state index contributed by atoms with van der Waals surface area (Å²) in [5.74, 6) is 0.663. The highest BCUT2D eigenvalue weighted by molar-refractivity contribution is 7.09. The number of hydrogen-bond donors (Lipinski definition) is 1. The van der Waals surface area contributed by atoms with Gasteiger partial charge in [0.1, 0.15) is 10.7 Å². The largest absolute Gasteiger partial charge is 0.481 e. The fourth-order valence-corrected chi connectivity index (χ4v) is 5.39. The number of amides is 1. The predicted molar refractivity (Wildman–Crippen MR) is 136 cm³/mol.